The first-order valence-corrected chi connectivity index (χ1v) is 8.35. The highest BCUT2D eigenvalue weighted by Gasteiger charge is 2.18. The van der Waals surface area contributed by atoms with E-state index in [4.69, 9.17) is 0 Å². The number of aromatic nitrogens is 1. The van der Waals surface area contributed by atoms with Gasteiger partial charge in [-0.25, -0.2) is 4.39 Å². The van der Waals surface area contributed by atoms with E-state index in [9.17, 15) is 19.1 Å². The van der Waals surface area contributed by atoms with Gasteiger partial charge in [0.15, 0.2) is 5.75 Å². The minimum absolute atomic E-state index is 0.0794. The van der Waals surface area contributed by atoms with Crippen molar-refractivity contribution >= 4 is 22.6 Å². The quantitative estimate of drug-likeness (QED) is 0.795. The van der Waals surface area contributed by atoms with Gasteiger partial charge in [0, 0.05) is 17.2 Å². The van der Waals surface area contributed by atoms with Gasteiger partial charge in [-0.05, 0) is 30.2 Å². The molecule has 7 heteroatoms. The number of hydrogen-bond acceptors (Lipinski definition) is 4. The molecule has 0 radical (unpaired) electrons. The standard InChI is InChI=1S/C17H15FN2O3S/c18-11-5-3-10(4-6-11)9-19-16(22)12-8-13(14-2-1-7-24-14)20-17(23)15(12)21/h2-6,8,21H,1,7,9H2,(H,19,22)(H,20,23). The van der Waals surface area contributed by atoms with Crippen LogP contribution in [-0.4, -0.2) is 21.8 Å². The van der Waals surface area contributed by atoms with Gasteiger partial charge in [0.25, 0.3) is 11.5 Å². The van der Waals surface area contributed by atoms with Crippen LogP contribution in [0.15, 0.2) is 41.2 Å². The molecule has 0 atom stereocenters. The summed E-state index contributed by atoms with van der Waals surface area (Å²) in [6.45, 7) is 0.165. The number of pyridine rings is 1. The molecule has 0 fully saturated rings. The first-order chi connectivity index (χ1) is 11.5. The third-order valence-corrected chi connectivity index (χ3v) is 4.73. The molecule has 5 nitrogen and oxygen atoms in total. The Morgan fingerprint density at radius 1 is 1.33 bits per heavy atom. The van der Waals surface area contributed by atoms with Gasteiger partial charge in [-0.3, -0.25) is 9.59 Å². The van der Waals surface area contributed by atoms with Gasteiger partial charge >= 0.3 is 0 Å². The van der Waals surface area contributed by atoms with E-state index < -0.39 is 17.2 Å². The fraction of sp³-hybridized carbons (Fsp3) is 0.176. The van der Waals surface area contributed by atoms with Crippen LogP contribution in [0.25, 0.3) is 4.91 Å². The van der Waals surface area contributed by atoms with E-state index in [0.717, 1.165) is 17.1 Å². The Kier molecular flexibility index (Phi) is 4.71. The molecule has 1 aliphatic rings. The normalized spacial score (nSPS) is 13.6. The van der Waals surface area contributed by atoms with Crippen LogP contribution in [0.3, 0.4) is 0 Å². The maximum atomic E-state index is 12.9. The summed E-state index contributed by atoms with van der Waals surface area (Å²) in [6, 6.07) is 7.18. The van der Waals surface area contributed by atoms with Crippen molar-refractivity contribution in [3.63, 3.8) is 0 Å². The zero-order valence-electron chi connectivity index (χ0n) is 12.6. The molecule has 0 spiro atoms. The smallest absolute Gasteiger partial charge is 0.291 e. The first kappa shape index (κ1) is 16.3. The topological polar surface area (TPSA) is 82.2 Å². The molecule has 2 aromatic rings. The second-order valence-corrected chi connectivity index (χ2v) is 6.43. The zero-order chi connectivity index (χ0) is 17.1. The van der Waals surface area contributed by atoms with Crippen molar-refractivity contribution in [1.29, 1.82) is 0 Å². The number of aromatic amines is 1. The van der Waals surface area contributed by atoms with Gasteiger partial charge in [0.1, 0.15) is 5.82 Å². The lowest BCUT2D eigenvalue weighted by Crippen LogP contribution is -2.25. The molecule has 1 amide bonds. The minimum Gasteiger partial charge on any atom is -0.502 e. The predicted octanol–water partition coefficient (Wildman–Crippen LogP) is 2.63. The molecule has 1 aromatic heterocycles. The maximum Gasteiger partial charge on any atom is 0.291 e. The lowest BCUT2D eigenvalue weighted by atomic mass is 10.1. The van der Waals surface area contributed by atoms with Crippen molar-refractivity contribution in [2.45, 2.75) is 13.0 Å². The summed E-state index contributed by atoms with van der Waals surface area (Å²) in [6.07, 6.45) is 2.88. The number of benzene rings is 1. The van der Waals surface area contributed by atoms with Gasteiger partial charge in [0.2, 0.25) is 0 Å². The van der Waals surface area contributed by atoms with Gasteiger partial charge in [-0.2, -0.15) is 0 Å². The van der Waals surface area contributed by atoms with E-state index in [1.54, 1.807) is 23.9 Å². The van der Waals surface area contributed by atoms with Crippen molar-refractivity contribution in [2.75, 3.05) is 5.75 Å². The van der Waals surface area contributed by atoms with Crippen LogP contribution in [0.5, 0.6) is 5.75 Å². The first-order valence-electron chi connectivity index (χ1n) is 7.37. The number of thioether (sulfide) groups is 1. The van der Waals surface area contributed by atoms with Gasteiger partial charge in [-0.1, -0.05) is 18.2 Å². The van der Waals surface area contributed by atoms with Gasteiger partial charge in [0.05, 0.1) is 11.3 Å². The second-order valence-electron chi connectivity index (χ2n) is 5.29. The molecule has 0 bridgehead atoms. The highest BCUT2D eigenvalue weighted by molar-refractivity contribution is 8.08. The summed E-state index contributed by atoms with van der Waals surface area (Å²) in [5.41, 5.74) is 0.452. The van der Waals surface area contributed by atoms with E-state index in [0.29, 0.717) is 11.3 Å². The number of aromatic hydroxyl groups is 1. The van der Waals surface area contributed by atoms with Crippen molar-refractivity contribution < 1.29 is 14.3 Å². The Morgan fingerprint density at radius 2 is 2.08 bits per heavy atom. The molecule has 1 aliphatic heterocycles. The highest BCUT2D eigenvalue weighted by Crippen LogP contribution is 2.33. The molecule has 0 saturated heterocycles. The summed E-state index contributed by atoms with van der Waals surface area (Å²) in [7, 11) is 0. The molecule has 1 aromatic carbocycles. The SMILES string of the molecule is O=C(NCc1ccc(F)cc1)c1cc(C2=CCCS2)[nH]c(=O)c1O. The summed E-state index contributed by atoms with van der Waals surface area (Å²) >= 11 is 1.58. The third kappa shape index (κ3) is 3.51. The molecule has 3 N–H and O–H groups in total. The third-order valence-electron chi connectivity index (χ3n) is 3.59. The molecule has 0 saturated carbocycles. The minimum atomic E-state index is -0.701. The molecule has 24 heavy (non-hydrogen) atoms. The fourth-order valence-corrected chi connectivity index (χ4v) is 3.30. The Balaban J connectivity index is 1.80. The van der Waals surface area contributed by atoms with Crippen LogP contribution in [0.4, 0.5) is 4.39 Å². The van der Waals surface area contributed by atoms with Crippen molar-refractivity contribution in [3.8, 4) is 5.75 Å². The van der Waals surface area contributed by atoms with E-state index in [-0.39, 0.29) is 17.9 Å². The van der Waals surface area contributed by atoms with Gasteiger partial charge in [-0.15, -0.1) is 11.8 Å². The Hall–Kier alpha value is -2.54. The second kappa shape index (κ2) is 6.92. The number of rotatable bonds is 4. The molecule has 3 rings (SSSR count). The number of carbonyl (C=O) groups is 1. The largest absolute Gasteiger partial charge is 0.502 e. The van der Waals surface area contributed by atoms with Crippen LogP contribution < -0.4 is 10.9 Å². The van der Waals surface area contributed by atoms with Crippen LogP contribution in [-0.2, 0) is 6.54 Å². The Morgan fingerprint density at radius 3 is 2.75 bits per heavy atom. The van der Waals surface area contributed by atoms with E-state index in [1.165, 1.54) is 18.2 Å². The Bertz CT molecular complexity index is 859. The molecule has 124 valence electrons. The monoisotopic (exact) mass is 346 g/mol. The summed E-state index contributed by atoms with van der Waals surface area (Å²) in [4.78, 5) is 27.6. The maximum absolute atomic E-state index is 12.9. The summed E-state index contributed by atoms with van der Waals surface area (Å²) < 4.78 is 12.9. The van der Waals surface area contributed by atoms with Crippen LogP contribution in [0.1, 0.15) is 28.0 Å². The Labute approximate surface area is 141 Å². The molecule has 0 unspecified atom stereocenters. The number of carbonyl (C=O) groups excluding carboxylic acids is 1. The average Bonchev–Trinajstić information content (AvgIpc) is 3.11. The average molecular weight is 346 g/mol. The highest BCUT2D eigenvalue weighted by atomic mass is 32.2. The van der Waals surface area contributed by atoms with Crippen molar-refractivity contribution in [2.24, 2.45) is 0 Å². The number of H-pyrrole nitrogens is 1. The lowest BCUT2D eigenvalue weighted by Gasteiger charge is -2.09. The zero-order valence-corrected chi connectivity index (χ0v) is 13.5. The van der Waals surface area contributed by atoms with E-state index in [1.807, 2.05) is 6.08 Å². The molecular formula is C17H15FN2O3S. The van der Waals surface area contributed by atoms with E-state index >= 15 is 0 Å². The molecule has 2 heterocycles. The number of nitrogens with one attached hydrogen (secondary N) is 2. The van der Waals surface area contributed by atoms with Crippen molar-refractivity contribution in [1.82, 2.24) is 10.3 Å². The fourth-order valence-electron chi connectivity index (χ4n) is 2.34. The summed E-state index contributed by atoms with van der Waals surface area (Å²) in [5, 5.41) is 12.5. The predicted molar refractivity (Wildman–Crippen MR) is 91.3 cm³/mol. The number of allylic oxidation sites excluding steroid dienone is 1. The van der Waals surface area contributed by atoms with Gasteiger partial charge < -0.3 is 15.4 Å². The van der Waals surface area contributed by atoms with E-state index in [2.05, 4.69) is 10.3 Å². The van der Waals surface area contributed by atoms with Crippen molar-refractivity contribution in [3.05, 3.63) is 69.4 Å². The lowest BCUT2D eigenvalue weighted by molar-refractivity contribution is 0.0948. The molecular weight excluding hydrogens is 331 g/mol. The molecule has 0 aliphatic carbocycles. The number of halogens is 1. The number of amides is 1. The van der Waals surface area contributed by atoms with Crippen LogP contribution >= 0.6 is 11.8 Å². The summed E-state index contributed by atoms with van der Waals surface area (Å²) in [5.74, 6) is -0.610. The van der Waals surface area contributed by atoms with Crippen LogP contribution in [0, 0.1) is 5.82 Å². The van der Waals surface area contributed by atoms with Crippen LogP contribution in [0.2, 0.25) is 0 Å². The number of hydrogen-bond donors (Lipinski definition) is 3.